The monoisotopic (exact) mass is 250 g/mol. The largest absolute Gasteiger partial charge is 0.289 e. The summed E-state index contributed by atoms with van der Waals surface area (Å²) in [6.07, 6.45) is 3.09. The molecular formula is C11H7ClN2OS. The molecule has 2 aromatic rings. The molecule has 0 fully saturated rings. The second-order valence-electron chi connectivity index (χ2n) is 3.04. The van der Waals surface area contributed by atoms with Crippen LogP contribution in [0.3, 0.4) is 0 Å². The molecule has 2 rings (SSSR count). The molecule has 5 heteroatoms. The van der Waals surface area contributed by atoms with Gasteiger partial charge in [0, 0.05) is 16.0 Å². The van der Waals surface area contributed by atoms with Crippen LogP contribution in [0.15, 0.2) is 35.7 Å². The third kappa shape index (κ3) is 2.74. The van der Waals surface area contributed by atoms with Gasteiger partial charge in [0.2, 0.25) is 0 Å². The topological polar surface area (TPSA) is 42.9 Å². The third-order valence-corrected chi connectivity index (χ3v) is 2.65. The zero-order valence-electron chi connectivity index (χ0n) is 8.13. The number of nitrogens with zero attached hydrogens (tertiary/aromatic N) is 2. The van der Waals surface area contributed by atoms with Crippen molar-refractivity contribution in [1.82, 2.24) is 9.59 Å². The van der Waals surface area contributed by atoms with Gasteiger partial charge in [0.25, 0.3) is 0 Å². The van der Waals surface area contributed by atoms with Crippen molar-refractivity contribution in [2.24, 2.45) is 0 Å². The summed E-state index contributed by atoms with van der Waals surface area (Å²) in [4.78, 5) is 11.7. The Balaban J connectivity index is 2.15. The molecule has 0 aliphatic carbocycles. The van der Waals surface area contributed by atoms with Gasteiger partial charge in [0.05, 0.1) is 5.69 Å². The van der Waals surface area contributed by atoms with E-state index < -0.39 is 0 Å². The Morgan fingerprint density at radius 3 is 3.00 bits per heavy atom. The van der Waals surface area contributed by atoms with Gasteiger partial charge in [-0.25, -0.2) is 0 Å². The van der Waals surface area contributed by atoms with Crippen LogP contribution in [0, 0.1) is 0 Å². The smallest absolute Gasteiger partial charge is 0.185 e. The Morgan fingerprint density at radius 1 is 1.44 bits per heavy atom. The van der Waals surface area contributed by atoms with E-state index in [0.29, 0.717) is 16.3 Å². The van der Waals surface area contributed by atoms with E-state index in [1.165, 1.54) is 17.6 Å². The van der Waals surface area contributed by atoms with Crippen LogP contribution in [-0.4, -0.2) is 15.4 Å². The minimum absolute atomic E-state index is 0.101. The number of hydrogen-bond acceptors (Lipinski definition) is 4. The number of allylic oxidation sites excluding steroid dienone is 1. The first-order valence-corrected chi connectivity index (χ1v) is 5.72. The lowest BCUT2D eigenvalue weighted by Crippen LogP contribution is -1.93. The van der Waals surface area contributed by atoms with Crippen molar-refractivity contribution in [3.8, 4) is 0 Å². The molecule has 0 radical (unpaired) electrons. The van der Waals surface area contributed by atoms with Crippen LogP contribution in [0.4, 0.5) is 0 Å². The van der Waals surface area contributed by atoms with Gasteiger partial charge in [-0.15, -0.1) is 5.10 Å². The molecule has 0 saturated heterocycles. The van der Waals surface area contributed by atoms with Gasteiger partial charge in [-0.05, 0) is 35.8 Å². The van der Waals surface area contributed by atoms with Gasteiger partial charge in [0.1, 0.15) is 0 Å². The summed E-state index contributed by atoms with van der Waals surface area (Å²) in [5.41, 5.74) is 1.24. The highest BCUT2D eigenvalue weighted by Crippen LogP contribution is 2.12. The molecule has 0 spiro atoms. The maximum atomic E-state index is 11.7. The van der Waals surface area contributed by atoms with Crippen LogP contribution in [0.1, 0.15) is 16.1 Å². The Morgan fingerprint density at radius 2 is 2.31 bits per heavy atom. The number of benzene rings is 1. The summed E-state index contributed by atoms with van der Waals surface area (Å²) in [5, 5.41) is 6.12. The van der Waals surface area contributed by atoms with E-state index in [1.807, 2.05) is 0 Å². The Kier molecular flexibility index (Phi) is 3.44. The third-order valence-electron chi connectivity index (χ3n) is 1.89. The van der Waals surface area contributed by atoms with E-state index in [2.05, 4.69) is 9.59 Å². The normalized spacial score (nSPS) is 10.8. The predicted octanol–water partition coefficient (Wildman–Crippen LogP) is 3.09. The minimum Gasteiger partial charge on any atom is -0.289 e. The van der Waals surface area contributed by atoms with E-state index in [9.17, 15) is 4.79 Å². The van der Waals surface area contributed by atoms with Crippen LogP contribution >= 0.6 is 23.1 Å². The van der Waals surface area contributed by atoms with Crippen molar-refractivity contribution in [3.63, 3.8) is 0 Å². The zero-order valence-corrected chi connectivity index (χ0v) is 9.70. The van der Waals surface area contributed by atoms with E-state index in [-0.39, 0.29) is 5.78 Å². The highest BCUT2D eigenvalue weighted by molar-refractivity contribution is 7.03. The molecule has 1 aromatic carbocycles. The van der Waals surface area contributed by atoms with Crippen molar-refractivity contribution in [2.75, 3.05) is 0 Å². The number of ketones is 1. The number of rotatable bonds is 3. The lowest BCUT2D eigenvalue weighted by molar-refractivity contribution is 0.104. The summed E-state index contributed by atoms with van der Waals surface area (Å²) in [7, 11) is 0. The summed E-state index contributed by atoms with van der Waals surface area (Å²) in [6.45, 7) is 0. The number of carbonyl (C=O) groups excluding carboxylic acids is 1. The Bertz CT molecular complexity index is 523. The second-order valence-corrected chi connectivity index (χ2v) is 4.08. The number of carbonyl (C=O) groups is 1. The van der Waals surface area contributed by atoms with Crippen molar-refractivity contribution < 1.29 is 4.79 Å². The van der Waals surface area contributed by atoms with Crippen LogP contribution in [0.2, 0.25) is 5.02 Å². The molecule has 0 saturated carbocycles. The Labute approximate surface area is 102 Å². The van der Waals surface area contributed by atoms with Crippen LogP contribution in [0.25, 0.3) is 6.08 Å². The maximum Gasteiger partial charge on any atom is 0.185 e. The van der Waals surface area contributed by atoms with Crippen molar-refractivity contribution in [1.29, 1.82) is 0 Å². The molecule has 1 aromatic heterocycles. The molecule has 0 N–H and O–H groups in total. The van der Waals surface area contributed by atoms with Crippen LogP contribution < -0.4 is 0 Å². The average Bonchev–Trinajstić information content (AvgIpc) is 2.78. The molecule has 0 atom stereocenters. The molecule has 0 bridgehead atoms. The summed E-state index contributed by atoms with van der Waals surface area (Å²) >= 11 is 7.04. The molecule has 80 valence electrons. The molecule has 0 amide bonds. The number of halogens is 1. The first-order valence-electron chi connectivity index (χ1n) is 4.51. The number of aromatic nitrogens is 2. The van der Waals surface area contributed by atoms with Crippen molar-refractivity contribution in [2.45, 2.75) is 0 Å². The highest BCUT2D eigenvalue weighted by atomic mass is 35.5. The average molecular weight is 251 g/mol. The van der Waals surface area contributed by atoms with Gasteiger partial charge in [-0.3, -0.25) is 4.79 Å². The van der Waals surface area contributed by atoms with Crippen LogP contribution in [0.5, 0.6) is 0 Å². The fourth-order valence-electron chi connectivity index (χ4n) is 1.14. The SMILES string of the molecule is O=C(/C=C\c1csnn1)c1cccc(Cl)c1. The van der Waals surface area contributed by atoms with E-state index in [4.69, 9.17) is 11.6 Å². The molecule has 16 heavy (non-hydrogen) atoms. The highest BCUT2D eigenvalue weighted by Gasteiger charge is 2.02. The molecule has 0 aliphatic rings. The van der Waals surface area contributed by atoms with Crippen molar-refractivity contribution in [3.05, 3.63) is 52.0 Å². The second kappa shape index (κ2) is 5.01. The van der Waals surface area contributed by atoms with Crippen LogP contribution in [-0.2, 0) is 0 Å². The predicted molar refractivity (Wildman–Crippen MR) is 64.7 cm³/mol. The van der Waals surface area contributed by atoms with Gasteiger partial charge < -0.3 is 0 Å². The molecule has 1 heterocycles. The van der Waals surface area contributed by atoms with Gasteiger partial charge in [-0.1, -0.05) is 28.2 Å². The summed E-state index contributed by atoms with van der Waals surface area (Å²) in [6, 6.07) is 6.82. The van der Waals surface area contributed by atoms with E-state index in [1.54, 1.807) is 35.7 Å². The molecule has 3 nitrogen and oxygen atoms in total. The minimum atomic E-state index is -0.101. The van der Waals surface area contributed by atoms with Gasteiger partial charge >= 0.3 is 0 Å². The first kappa shape index (κ1) is 11.0. The lowest BCUT2D eigenvalue weighted by Gasteiger charge is -1.95. The number of hydrogen-bond donors (Lipinski definition) is 0. The fourth-order valence-corrected chi connectivity index (χ4v) is 1.76. The van der Waals surface area contributed by atoms with E-state index in [0.717, 1.165) is 0 Å². The maximum absolute atomic E-state index is 11.7. The van der Waals surface area contributed by atoms with Crippen molar-refractivity contribution >= 4 is 35.0 Å². The quantitative estimate of drug-likeness (QED) is 0.621. The standard InChI is InChI=1S/C11H7ClN2OS/c12-9-3-1-2-8(6-9)11(15)5-4-10-7-16-14-13-10/h1-7H/b5-4-. The zero-order chi connectivity index (χ0) is 11.4. The lowest BCUT2D eigenvalue weighted by atomic mass is 10.1. The van der Waals surface area contributed by atoms with E-state index >= 15 is 0 Å². The fraction of sp³-hybridized carbons (Fsp3) is 0. The van der Waals surface area contributed by atoms with Gasteiger partial charge in [0.15, 0.2) is 5.78 Å². The summed E-state index contributed by atoms with van der Waals surface area (Å²) in [5.74, 6) is -0.101. The Hall–Kier alpha value is -1.52. The van der Waals surface area contributed by atoms with Gasteiger partial charge in [-0.2, -0.15) is 0 Å². The molecule has 0 unspecified atom stereocenters. The summed E-state index contributed by atoms with van der Waals surface area (Å²) < 4.78 is 3.69. The molecule has 0 aliphatic heterocycles. The first-order chi connectivity index (χ1) is 7.75. The molecular weight excluding hydrogens is 244 g/mol.